The Labute approximate surface area is 69.8 Å². The van der Waals surface area contributed by atoms with Gasteiger partial charge in [0.15, 0.2) is 0 Å². The monoisotopic (exact) mass is 173 g/mol. The molecule has 0 aliphatic rings. The van der Waals surface area contributed by atoms with Gasteiger partial charge in [-0.1, -0.05) is 0 Å². The van der Waals surface area contributed by atoms with Crippen LogP contribution in [0.25, 0.3) is 0 Å². The third kappa shape index (κ3) is 2.28. The molecular formula is C7H12FN3O. The number of hydrogen-bond acceptors (Lipinski definition) is 3. The molecule has 4 nitrogen and oxygen atoms in total. The van der Waals surface area contributed by atoms with Crippen LogP contribution in [0.4, 0.5) is 4.39 Å². The molecule has 0 aliphatic heterocycles. The molecule has 1 aromatic rings. The first-order valence-corrected chi connectivity index (χ1v) is 3.71. The molecule has 0 saturated carbocycles. The fourth-order valence-electron chi connectivity index (χ4n) is 0.904. The van der Waals surface area contributed by atoms with E-state index in [0.717, 1.165) is 5.69 Å². The number of hydrogen-bond donors (Lipinski definition) is 2. The number of imidazole rings is 1. The van der Waals surface area contributed by atoms with Gasteiger partial charge in [-0.25, -0.2) is 9.37 Å². The SMILES string of the molecule is NCc1cn(CC(O)CF)cn1. The molecule has 0 saturated heterocycles. The molecule has 1 aromatic heterocycles. The minimum absolute atomic E-state index is 0.226. The van der Waals surface area contributed by atoms with Crippen LogP contribution in [0.1, 0.15) is 5.69 Å². The van der Waals surface area contributed by atoms with Crippen LogP contribution in [0.15, 0.2) is 12.5 Å². The van der Waals surface area contributed by atoms with Gasteiger partial charge in [-0.2, -0.15) is 0 Å². The Hall–Kier alpha value is -0.940. The van der Waals surface area contributed by atoms with Crippen LogP contribution in [0.2, 0.25) is 0 Å². The number of aromatic nitrogens is 2. The van der Waals surface area contributed by atoms with Crippen molar-refractivity contribution in [1.29, 1.82) is 0 Å². The van der Waals surface area contributed by atoms with Crippen molar-refractivity contribution in [2.24, 2.45) is 5.73 Å². The summed E-state index contributed by atoms with van der Waals surface area (Å²) < 4.78 is 13.5. The van der Waals surface area contributed by atoms with E-state index in [4.69, 9.17) is 10.8 Å². The minimum Gasteiger partial charge on any atom is -0.389 e. The zero-order valence-electron chi connectivity index (χ0n) is 6.65. The van der Waals surface area contributed by atoms with Gasteiger partial charge in [-0.3, -0.25) is 0 Å². The van der Waals surface area contributed by atoms with Gasteiger partial charge < -0.3 is 15.4 Å². The maximum atomic E-state index is 11.9. The van der Waals surface area contributed by atoms with E-state index in [0.29, 0.717) is 6.54 Å². The molecule has 1 atom stereocenters. The van der Waals surface area contributed by atoms with Crippen molar-refractivity contribution in [1.82, 2.24) is 9.55 Å². The van der Waals surface area contributed by atoms with Crippen LogP contribution in [0.5, 0.6) is 0 Å². The zero-order chi connectivity index (χ0) is 8.97. The molecule has 1 unspecified atom stereocenters. The summed E-state index contributed by atoms with van der Waals surface area (Å²) in [7, 11) is 0. The van der Waals surface area contributed by atoms with E-state index in [2.05, 4.69) is 4.98 Å². The highest BCUT2D eigenvalue weighted by Crippen LogP contribution is 1.97. The topological polar surface area (TPSA) is 64.1 Å². The van der Waals surface area contributed by atoms with E-state index >= 15 is 0 Å². The average Bonchev–Trinajstić information content (AvgIpc) is 2.52. The van der Waals surface area contributed by atoms with Crippen LogP contribution < -0.4 is 5.73 Å². The van der Waals surface area contributed by atoms with Crippen molar-refractivity contribution in [2.75, 3.05) is 6.67 Å². The average molecular weight is 173 g/mol. The van der Waals surface area contributed by atoms with Crippen LogP contribution in [-0.2, 0) is 13.1 Å². The van der Waals surface area contributed by atoms with E-state index in [1.165, 1.54) is 6.33 Å². The van der Waals surface area contributed by atoms with E-state index < -0.39 is 12.8 Å². The fourth-order valence-corrected chi connectivity index (χ4v) is 0.904. The van der Waals surface area contributed by atoms with Gasteiger partial charge in [-0.05, 0) is 0 Å². The quantitative estimate of drug-likeness (QED) is 0.655. The third-order valence-electron chi connectivity index (χ3n) is 1.50. The maximum absolute atomic E-state index is 11.9. The van der Waals surface area contributed by atoms with Crippen LogP contribution in [-0.4, -0.2) is 27.4 Å². The van der Waals surface area contributed by atoms with Crippen molar-refractivity contribution < 1.29 is 9.50 Å². The van der Waals surface area contributed by atoms with Crippen molar-refractivity contribution in [3.8, 4) is 0 Å². The second-order valence-corrected chi connectivity index (χ2v) is 2.57. The summed E-state index contributed by atoms with van der Waals surface area (Å²) in [5, 5.41) is 8.94. The van der Waals surface area contributed by atoms with Crippen molar-refractivity contribution in [3.63, 3.8) is 0 Å². The number of nitrogens with two attached hydrogens (primary N) is 1. The van der Waals surface area contributed by atoms with E-state index in [-0.39, 0.29) is 6.54 Å². The van der Waals surface area contributed by atoms with Crippen LogP contribution in [0, 0.1) is 0 Å². The lowest BCUT2D eigenvalue weighted by atomic mass is 10.4. The molecule has 1 heterocycles. The van der Waals surface area contributed by atoms with Crippen LogP contribution in [0.3, 0.4) is 0 Å². The molecule has 0 aromatic carbocycles. The summed E-state index contributed by atoms with van der Waals surface area (Å²) in [5.74, 6) is 0. The van der Waals surface area contributed by atoms with Gasteiger partial charge in [0, 0.05) is 12.7 Å². The summed E-state index contributed by atoms with van der Waals surface area (Å²) >= 11 is 0. The molecule has 3 N–H and O–H groups in total. The molecule has 12 heavy (non-hydrogen) atoms. The van der Waals surface area contributed by atoms with Crippen molar-refractivity contribution in [2.45, 2.75) is 19.2 Å². The summed E-state index contributed by atoms with van der Waals surface area (Å²) in [6.45, 7) is -0.154. The van der Waals surface area contributed by atoms with Gasteiger partial charge >= 0.3 is 0 Å². The number of nitrogens with zero attached hydrogens (tertiary/aromatic N) is 2. The number of aliphatic hydroxyl groups is 1. The number of halogens is 1. The Bertz CT molecular complexity index is 238. The largest absolute Gasteiger partial charge is 0.389 e. The first-order valence-electron chi connectivity index (χ1n) is 3.71. The lowest BCUT2D eigenvalue weighted by Gasteiger charge is -2.05. The molecule has 0 spiro atoms. The molecule has 1 rings (SSSR count). The van der Waals surface area contributed by atoms with Gasteiger partial charge in [0.1, 0.15) is 12.8 Å². The van der Waals surface area contributed by atoms with Crippen LogP contribution >= 0.6 is 0 Å². The highest BCUT2D eigenvalue weighted by atomic mass is 19.1. The van der Waals surface area contributed by atoms with Crippen molar-refractivity contribution >= 4 is 0 Å². The summed E-state index contributed by atoms with van der Waals surface area (Å²) in [6.07, 6.45) is 2.27. The molecule has 0 fully saturated rings. The third-order valence-corrected chi connectivity index (χ3v) is 1.50. The molecule has 0 bridgehead atoms. The predicted octanol–water partition coefficient (Wildman–Crippen LogP) is -0.328. The van der Waals surface area contributed by atoms with E-state index in [9.17, 15) is 4.39 Å². The highest BCUT2D eigenvalue weighted by Gasteiger charge is 2.04. The first kappa shape index (κ1) is 9.15. The Morgan fingerprint density at radius 1 is 1.75 bits per heavy atom. The Morgan fingerprint density at radius 3 is 3.00 bits per heavy atom. The standard InChI is InChI=1S/C7H12FN3O/c8-1-7(12)4-11-3-6(2-9)10-5-11/h3,5,7,12H,1-2,4,9H2. The lowest BCUT2D eigenvalue weighted by Crippen LogP contribution is -2.16. The molecule has 68 valence electrons. The minimum atomic E-state index is -0.954. The normalized spacial score (nSPS) is 13.2. The van der Waals surface area contributed by atoms with Gasteiger partial charge in [0.05, 0.1) is 18.6 Å². The van der Waals surface area contributed by atoms with Gasteiger partial charge in [-0.15, -0.1) is 0 Å². The fraction of sp³-hybridized carbons (Fsp3) is 0.571. The summed E-state index contributed by atoms with van der Waals surface area (Å²) in [5.41, 5.74) is 6.05. The lowest BCUT2D eigenvalue weighted by molar-refractivity contribution is 0.122. The highest BCUT2D eigenvalue weighted by molar-refractivity contribution is 4.95. The number of aliphatic hydroxyl groups excluding tert-OH is 1. The van der Waals surface area contributed by atoms with E-state index in [1.807, 2.05) is 0 Å². The van der Waals surface area contributed by atoms with Crippen molar-refractivity contribution in [3.05, 3.63) is 18.2 Å². The molecular weight excluding hydrogens is 161 g/mol. The van der Waals surface area contributed by atoms with E-state index in [1.54, 1.807) is 10.8 Å². The summed E-state index contributed by atoms with van der Waals surface area (Å²) in [4.78, 5) is 3.93. The Balaban J connectivity index is 2.52. The predicted molar refractivity (Wildman–Crippen MR) is 42.1 cm³/mol. The smallest absolute Gasteiger partial charge is 0.117 e. The maximum Gasteiger partial charge on any atom is 0.117 e. The molecule has 5 heteroatoms. The van der Waals surface area contributed by atoms with Gasteiger partial charge in [0.25, 0.3) is 0 Å². The Kier molecular flexibility index (Phi) is 3.19. The zero-order valence-corrected chi connectivity index (χ0v) is 6.65. The second-order valence-electron chi connectivity index (χ2n) is 2.57. The number of alkyl halides is 1. The van der Waals surface area contributed by atoms with Gasteiger partial charge in [0.2, 0.25) is 0 Å². The summed E-state index contributed by atoms with van der Waals surface area (Å²) in [6, 6.07) is 0. The Morgan fingerprint density at radius 2 is 2.50 bits per heavy atom. The second kappa shape index (κ2) is 4.18. The number of rotatable bonds is 4. The first-order chi connectivity index (χ1) is 5.76. The molecule has 0 radical (unpaired) electrons. The molecule has 0 amide bonds. The molecule has 0 aliphatic carbocycles.